The first-order chi connectivity index (χ1) is 15.4. The average Bonchev–Trinajstić information content (AvgIpc) is 2.80. The molecule has 2 aromatic carbocycles. The van der Waals surface area contributed by atoms with Gasteiger partial charge in [0.05, 0.1) is 12.8 Å². The van der Waals surface area contributed by atoms with Crippen molar-refractivity contribution < 1.29 is 13.2 Å². The van der Waals surface area contributed by atoms with Crippen LogP contribution in [0, 0.1) is 12.8 Å². The number of ether oxygens (including phenoxy) is 1. The number of nitrogens with one attached hydrogen (secondary N) is 1. The summed E-state index contributed by atoms with van der Waals surface area (Å²) in [7, 11) is -2.33. The molecule has 1 saturated heterocycles. The van der Waals surface area contributed by atoms with Gasteiger partial charge in [0.2, 0.25) is 0 Å². The summed E-state index contributed by atoms with van der Waals surface area (Å²) in [5.41, 5.74) is 2.91. The van der Waals surface area contributed by atoms with E-state index < -0.39 is 10.0 Å². The van der Waals surface area contributed by atoms with Gasteiger partial charge in [-0.25, -0.2) is 8.42 Å². The Morgan fingerprint density at radius 3 is 2.34 bits per heavy atom. The molecule has 1 aliphatic rings. The molecule has 0 bridgehead atoms. The molecule has 7 nitrogen and oxygen atoms in total. The van der Waals surface area contributed by atoms with Crippen molar-refractivity contribution in [3.63, 3.8) is 0 Å². The van der Waals surface area contributed by atoms with Crippen LogP contribution >= 0.6 is 0 Å². The molecule has 8 heteroatoms. The summed E-state index contributed by atoms with van der Waals surface area (Å²) in [6, 6.07) is 16.1. The molecule has 1 aromatic heterocycles. The molecule has 3 aromatic rings. The van der Waals surface area contributed by atoms with E-state index >= 15 is 0 Å². The lowest BCUT2D eigenvalue weighted by Gasteiger charge is -2.30. The number of nitrogens with zero attached hydrogens (tertiary/aromatic N) is 3. The number of hydrogen-bond donors (Lipinski definition) is 1. The number of hydrogen-bond acceptors (Lipinski definition) is 6. The quantitative estimate of drug-likeness (QED) is 0.593. The molecule has 1 aliphatic heterocycles. The predicted molar refractivity (Wildman–Crippen MR) is 127 cm³/mol. The van der Waals surface area contributed by atoms with Crippen molar-refractivity contribution >= 4 is 21.5 Å². The van der Waals surface area contributed by atoms with E-state index in [2.05, 4.69) is 26.7 Å². The first-order valence-electron chi connectivity index (χ1n) is 10.7. The summed E-state index contributed by atoms with van der Waals surface area (Å²) >= 11 is 0. The van der Waals surface area contributed by atoms with Crippen molar-refractivity contribution in [3.8, 4) is 17.0 Å². The van der Waals surface area contributed by atoms with Gasteiger partial charge < -0.3 is 9.64 Å². The topological polar surface area (TPSA) is 84.4 Å². The third-order valence-electron chi connectivity index (χ3n) is 5.80. The van der Waals surface area contributed by atoms with Crippen LogP contribution in [-0.2, 0) is 10.0 Å². The molecule has 1 fully saturated rings. The number of methoxy groups -OCH3 is 1. The molecule has 32 heavy (non-hydrogen) atoms. The number of anilines is 2. The van der Waals surface area contributed by atoms with E-state index in [4.69, 9.17) is 4.74 Å². The van der Waals surface area contributed by atoms with Gasteiger partial charge in [-0.05, 0) is 67.6 Å². The van der Waals surface area contributed by atoms with Gasteiger partial charge in [0.15, 0.2) is 5.82 Å². The van der Waals surface area contributed by atoms with Gasteiger partial charge in [0.25, 0.3) is 10.0 Å². The summed E-state index contributed by atoms with van der Waals surface area (Å²) < 4.78 is 33.6. The fourth-order valence-electron chi connectivity index (χ4n) is 3.80. The fourth-order valence-corrected chi connectivity index (χ4v) is 5.11. The van der Waals surface area contributed by atoms with Crippen molar-refractivity contribution in [2.24, 2.45) is 5.92 Å². The second kappa shape index (κ2) is 9.16. The smallest absolute Gasteiger partial charge is 0.265 e. The second-order valence-corrected chi connectivity index (χ2v) is 9.93. The minimum absolute atomic E-state index is 0.109. The summed E-state index contributed by atoms with van der Waals surface area (Å²) in [6.07, 6.45) is 2.35. The number of rotatable bonds is 6. The van der Waals surface area contributed by atoms with Gasteiger partial charge in [-0.1, -0.05) is 25.1 Å². The molecule has 2 heterocycles. The van der Waals surface area contributed by atoms with E-state index in [0.717, 1.165) is 41.6 Å². The third kappa shape index (κ3) is 4.85. The Morgan fingerprint density at radius 1 is 1.00 bits per heavy atom. The monoisotopic (exact) mass is 452 g/mol. The molecule has 4 rings (SSSR count). The summed E-state index contributed by atoms with van der Waals surface area (Å²) in [5.74, 6) is 1.97. The number of aryl methyl sites for hydroxylation is 1. The largest absolute Gasteiger partial charge is 0.495 e. The van der Waals surface area contributed by atoms with Crippen LogP contribution in [0.25, 0.3) is 11.3 Å². The SMILES string of the molecule is COc1ccc(C)cc1S(=O)(=O)Nc1ccc(-c2ccc(N3CCC(C)CC3)nn2)cc1. The molecule has 0 amide bonds. The van der Waals surface area contributed by atoms with Crippen molar-refractivity contribution in [3.05, 3.63) is 60.2 Å². The van der Waals surface area contributed by atoms with Crippen LogP contribution in [0.4, 0.5) is 11.5 Å². The Morgan fingerprint density at radius 2 is 1.72 bits per heavy atom. The number of aromatic nitrogens is 2. The lowest BCUT2D eigenvalue weighted by molar-refractivity contribution is 0.402. The Balaban J connectivity index is 1.48. The highest BCUT2D eigenvalue weighted by Gasteiger charge is 2.20. The Labute approximate surface area is 189 Å². The minimum atomic E-state index is -3.79. The second-order valence-electron chi connectivity index (χ2n) is 8.28. The van der Waals surface area contributed by atoms with Crippen LogP contribution in [0.5, 0.6) is 5.75 Å². The molecule has 0 saturated carbocycles. The van der Waals surface area contributed by atoms with Crippen LogP contribution in [0.15, 0.2) is 59.5 Å². The first kappa shape index (κ1) is 22.1. The van der Waals surface area contributed by atoms with E-state index in [1.807, 2.05) is 37.3 Å². The van der Waals surface area contributed by atoms with Gasteiger partial charge in [-0.3, -0.25) is 4.72 Å². The van der Waals surface area contributed by atoms with E-state index in [1.165, 1.54) is 20.0 Å². The van der Waals surface area contributed by atoms with E-state index in [9.17, 15) is 8.42 Å². The molecule has 0 unspecified atom stereocenters. The van der Waals surface area contributed by atoms with Crippen molar-refractivity contribution in [1.82, 2.24) is 10.2 Å². The maximum absolute atomic E-state index is 12.9. The minimum Gasteiger partial charge on any atom is -0.495 e. The van der Waals surface area contributed by atoms with E-state index in [-0.39, 0.29) is 4.90 Å². The first-order valence-corrected chi connectivity index (χ1v) is 12.2. The van der Waals surface area contributed by atoms with Crippen molar-refractivity contribution in [2.45, 2.75) is 31.6 Å². The van der Waals surface area contributed by atoms with Crippen molar-refractivity contribution in [2.75, 3.05) is 29.8 Å². The summed E-state index contributed by atoms with van der Waals surface area (Å²) in [5, 5.41) is 8.78. The number of sulfonamides is 1. The van der Waals surface area contributed by atoms with Crippen LogP contribution < -0.4 is 14.4 Å². The molecule has 168 valence electrons. The van der Waals surface area contributed by atoms with Gasteiger partial charge in [-0.2, -0.15) is 0 Å². The predicted octanol–water partition coefficient (Wildman–Crippen LogP) is 4.50. The lowest BCUT2D eigenvalue weighted by atomic mass is 9.99. The molecule has 0 atom stereocenters. The maximum Gasteiger partial charge on any atom is 0.265 e. The van der Waals surface area contributed by atoms with Gasteiger partial charge in [0.1, 0.15) is 10.6 Å². The van der Waals surface area contributed by atoms with Gasteiger partial charge in [-0.15, -0.1) is 10.2 Å². The average molecular weight is 453 g/mol. The lowest BCUT2D eigenvalue weighted by Crippen LogP contribution is -2.33. The fraction of sp³-hybridized carbons (Fsp3) is 0.333. The van der Waals surface area contributed by atoms with Gasteiger partial charge in [0, 0.05) is 24.3 Å². The van der Waals surface area contributed by atoms with Crippen molar-refractivity contribution in [1.29, 1.82) is 0 Å². The molecule has 0 aliphatic carbocycles. The normalized spacial score (nSPS) is 14.9. The highest BCUT2D eigenvalue weighted by molar-refractivity contribution is 7.92. The zero-order valence-electron chi connectivity index (χ0n) is 18.6. The summed E-state index contributed by atoms with van der Waals surface area (Å²) in [4.78, 5) is 2.38. The highest BCUT2D eigenvalue weighted by Crippen LogP contribution is 2.28. The van der Waals surface area contributed by atoms with Crippen LogP contribution in [-0.4, -0.2) is 38.8 Å². The van der Waals surface area contributed by atoms with Crippen LogP contribution in [0.2, 0.25) is 0 Å². The maximum atomic E-state index is 12.9. The zero-order chi connectivity index (χ0) is 22.7. The van der Waals surface area contributed by atoms with E-state index in [1.54, 1.807) is 24.3 Å². The third-order valence-corrected chi connectivity index (χ3v) is 7.20. The zero-order valence-corrected chi connectivity index (χ0v) is 19.4. The Hall–Kier alpha value is -3.13. The standard InChI is InChI=1S/C24H28N4O3S/c1-17-12-14-28(15-13-17)24-11-9-21(25-26-24)19-5-7-20(8-6-19)27-32(29,30)23-16-18(2)4-10-22(23)31-3/h4-11,16-17,27H,12-15H2,1-3H3. The van der Waals surface area contributed by atoms with Gasteiger partial charge >= 0.3 is 0 Å². The molecule has 1 N–H and O–H groups in total. The Kier molecular flexibility index (Phi) is 6.32. The summed E-state index contributed by atoms with van der Waals surface area (Å²) in [6.45, 7) is 6.14. The molecular formula is C24H28N4O3S. The van der Waals surface area contributed by atoms with E-state index in [0.29, 0.717) is 11.4 Å². The molecule has 0 radical (unpaired) electrons. The number of benzene rings is 2. The molecule has 0 spiro atoms. The van der Waals surface area contributed by atoms with Crippen LogP contribution in [0.1, 0.15) is 25.3 Å². The Bertz CT molecular complexity index is 1170. The van der Waals surface area contributed by atoms with Crippen LogP contribution in [0.3, 0.4) is 0 Å². The highest BCUT2D eigenvalue weighted by atomic mass is 32.2. The molecular weight excluding hydrogens is 424 g/mol. The number of piperidine rings is 1.